The molecule has 2 unspecified atom stereocenters. The molecule has 114 valence electrons. The van der Waals surface area contributed by atoms with Gasteiger partial charge in [0.15, 0.2) is 5.65 Å². The molecule has 1 aliphatic rings. The van der Waals surface area contributed by atoms with Crippen molar-refractivity contribution in [1.82, 2.24) is 29.5 Å². The van der Waals surface area contributed by atoms with Crippen molar-refractivity contribution in [3.8, 4) is 0 Å². The van der Waals surface area contributed by atoms with Crippen LogP contribution in [0.4, 0.5) is 5.82 Å². The number of nitrogens with two attached hydrogens (primary N) is 1. The lowest BCUT2D eigenvalue weighted by Gasteiger charge is -2.22. The van der Waals surface area contributed by atoms with E-state index in [0.29, 0.717) is 17.8 Å². The molecule has 0 amide bonds. The number of rotatable bonds is 3. The second-order valence-electron chi connectivity index (χ2n) is 6.23. The van der Waals surface area contributed by atoms with Crippen molar-refractivity contribution in [2.24, 2.45) is 13.0 Å². The fourth-order valence-electron chi connectivity index (χ4n) is 3.21. The summed E-state index contributed by atoms with van der Waals surface area (Å²) in [6.07, 6.45) is 1.72. The maximum Gasteiger partial charge on any atom is 0.163 e. The van der Waals surface area contributed by atoms with E-state index in [2.05, 4.69) is 45.9 Å². The van der Waals surface area contributed by atoms with E-state index in [1.807, 2.05) is 7.05 Å². The Morgan fingerprint density at radius 2 is 2.10 bits per heavy atom. The minimum Gasteiger partial charge on any atom is -0.383 e. The van der Waals surface area contributed by atoms with Crippen LogP contribution in [-0.2, 0) is 13.6 Å². The molecule has 7 heteroatoms. The van der Waals surface area contributed by atoms with Crippen LogP contribution in [0.2, 0.25) is 0 Å². The smallest absolute Gasteiger partial charge is 0.163 e. The SMILES string of the molecule is CC1CN(Cc2nc(N)c3cnn(C)c3n2)CC1N(C)C. The van der Waals surface area contributed by atoms with E-state index in [9.17, 15) is 0 Å². The lowest BCUT2D eigenvalue weighted by atomic mass is 10.1. The first-order valence-corrected chi connectivity index (χ1v) is 7.28. The highest BCUT2D eigenvalue weighted by molar-refractivity contribution is 5.84. The number of hydrogen-bond donors (Lipinski definition) is 1. The number of fused-ring (bicyclic) bond motifs is 1. The van der Waals surface area contributed by atoms with Gasteiger partial charge in [-0.3, -0.25) is 9.58 Å². The van der Waals surface area contributed by atoms with E-state index in [4.69, 9.17) is 5.73 Å². The summed E-state index contributed by atoms with van der Waals surface area (Å²) in [4.78, 5) is 13.7. The number of anilines is 1. The Morgan fingerprint density at radius 1 is 1.33 bits per heavy atom. The minimum absolute atomic E-state index is 0.513. The third-order valence-electron chi connectivity index (χ3n) is 4.34. The molecule has 1 aliphatic heterocycles. The second-order valence-corrected chi connectivity index (χ2v) is 6.23. The van der Waals surface area contributed by atoms with Gasteiger partial charge in [0.1, 0.15) is 11.6 Å². The van der Waals surface area contributed by atoms with E-state index >= 15 is 0 Å². The summed E-state index contributed by atoms with van der Waals surface area (Å²) in [6.45, 7) is 5.14. The Morgan fingerprint density at radius 3 is 2.76 bits per heavy atom. The van der Waals surface area contributed by atoms with Crippen LogP contribution in [0.15, 0.2) is 6.20 Å². The first kappa shape index (κ1) is 14.2. The summed E-state index contributed by atoms with van der Waals surface area (Å²) in [5, 5.41) is 5.01. The fourth-order valence-corrected chi connectivity index (χ4v) is 3.21. The molecule has 2 N–H and O–H groups in total. The molecule has 0 saturated carbocycles. The highest BCUT2D eigenvalue weighted by atomic mass is 15.3. The Labute approximate surface area is 124 Å². The first-order valence-electron chi connectivity index (χ1n) is 7.28. The van der Waals surface area contributed by atoms with Crippen molar-refractivity contribution < 1.29 is 0 Å². The Hall–Kier alpha value is -1.73. The van der Waals surface area contributed by atoms with Crippen LogP contribution in [0.5, 0.6) is 0 Å². The van der Waals surface area contributed by atoms with Gasteiger partial charge in [-0.15, -0.1) is 0 Å². The van der Waals surface area contributed by atoms with Crippen LogP contribution < -0.4 is 5.73 Å². The lowest BCUT2D eigenvalue weighted by molar-refractivity contribution is 0.249. The zero-order valence-electron chi connectivity index (χ0n) is 13.1. The van der Waals surface area contributed by atoms with Gasteiger partial charge in [-0.25, -0.2) is 9.97 Å². The highest BCUT2D eigenvalue weighted by Gasteiger charge is 2.31. The molecule has 7 nitrogen and oxygen atoms in total. The normalized spacial score (nSPS) is 23.5. The number of nitrogen functional groups attached to an aromatic ring is 1. The van der Waals surface area contributed by atoms with Crippen LogP contribution in [0.1, 0.15) is 12.7 Å². The first-order chi connectivity index (χ1) is 9.95. The zero-order valence-corrected chi connectivity index (χ0v) is 13.1. The van der Waals surface area contributed by atoms with Gasteiger partial charge in [0.05, 0.1) is 18.1 Å². The predicted molar refractivity (Wildman–Crippen MR) is 82.6 cm³/mol. The van der Waals surface area contributed by atoms with Crippen molar-refractivity contribution in [3.63, 3.8) is 0 Å². The molecule has 0 aliphatic carbocycles. The van der Waals surface area contributed by atoms with E-state index in [1.54, 1.807) is 10.9 Å². The molecule has 21 heavy (non-hydrogen) atoms. The molecule has 1 saturated heterocycles. The van der Waals surface area contributed by atoms with Gasteiger partial charge < -0.3 is 10.6 Å². The Balaban J connectivity index is 1.81. The number of likely N-dealkylation sites (N-methyl/N-ethyl adjacent to an activating group) is 1. The quantitative estimate of drug-likeness (QED) is 0.877. The molecule has 0 spiro atoms. The third-order valence-corrected chi connectivity index (χ3v) is 4.34. The van der Waals surface area contributed by atoms with Crippen molar-refractivity contribution >= 4 is 16.9 Å². The standard InChI is InChI=1S/C14H23N7/c1-9-6-21(7-11(9)19(2)3)8-12-17-13(15)10-5-16-20(4)14(10)18-12/h5,9,11H,6-8H2,1-4H3,(H2,15,17,18). The van der Waals surface area contributed by atoms with Gasteiger partial charge in [0.25, 0.3) is 0 Å². The summed E-state index contributed by atoms with van der Waals surface area (Å²) >= 11 is 0. The molecule has 2 aromatic rings. The van der Waals surface area contributed by atoms with Gasteiger partial charge in [-0.05, 0) is 20.0 Å². The molecule has 1 fully saturated rings. The lowest BCUT2D eigenvalue weighted by Crippen LogP contribution is -2.34. The van der Waals surface area contributed by atoms with E-state index in [0.717, 1.165) is 36.5 Å². The maximum absolute atomic E-state index is 6.02. The van der Waals surface area contributed by atoms with E-state index in [1.165, 1.54) is 0 Å². The summed E-state index contributed by atoms with van der Waals surface area (Å²) in [5.41, 5.74) is 6.82. The molecule has 2 aromatic heterocycles. The molecule has 0 bridgehead atoms. The Kier molecular flexibility index (Phi) is 3.54. The molecule has 3 rings (SSSR count). The zero-order chi connectivity index (χ0) is 15.1. The Bertz CT molecular complexity index is 648. The van der Waals surface area contributed by atoms with Gasteiger partial charge >= 0.3 is 0 Å². The molecule has 0 radical (unpaired) electrons. The van der Waals surface area contributed by atoms with Crippen LogP contribution in [0.25, 0.3) is 11.0 Å². The van der Waals surface area contributed by atoms with Crippen molar-refractivity contribution in [3.05, 3.63) is 12.0 Å². The highest BCUT2D eigenvalue weighted by Crippen LogP contribution is 2.22. The van der Waals surface area contributed by atoms with Crippen LogP contribution >= 0.6 is 0 Å². The van der Waals surface area contributed by atoms with Gasteiger partial charge in [-0.2, -0.15) is 5.10 Å². The summed E-state index contributed by atoms with van der Waals surface area (Å²) in [5.74, 6) is 1.94. The number of likely N-dealkylation sites (tertiary alicyclic amines) is 1. The van der Waals surface area contributed by atoms with Crippen molar-refractivity contribution in [1.29, 1.82) is 0 Å². The van der Waals surface area contributed by atoms with Gasteiger partial charge in [-0.1, -0.05) is 6.92 Å². The monoisotopic (exact) mass is 289 g/mol. The summed E-state index contributed by atoms with van der Waals surface area (Å²) in [7, 11) is 6.15. The molecule has 2 atom stereocenters. The van der Waals surface area contributed by atoms with E-state index < -0.39 is 0 Å². The van der Waals surface area contributed by atoms with Crippen LogP contribution in [0.3, 0.4) is 0 Å². The second kappa shape index (κ2) is 5.23. The molecular formula is C14H23N7. The van der Waals surface area contributed by atoms with Crippen LogP contribution in [-0.4, -0.2) is 62.8 Å². The number of aryl methyl sites for hydroxylation is 1. The average molecular weight is 289 g/mol. The fraction of sp³-hybridized carbons (Fsp3) is 0.643. The van der Waals surface area contributed by atoms with Crippen molar-refractivity contribution in [2.75, 3.05) is 32.9 Å². The average Bonchev–Trinajstić information content (AvgIpc) is 2.94. The maximum atomic E-state index is 6.02. The molecule has 3 heterocycles. The number of nitrogens with zero attached hydrogens (tertiary/aromatic N) is 6. The molecular weight excluding hydrogens is 266 g/mol. The minimum atomic E-state index is 0.513. The third kappa shape index (κ3) is 2.58. The summed E-state index contributed by atoms with van der Waals surface area (Å²) < 4.78 is 1.74. The van der Waals surface area contributed by atoms with Gasteiger partial charge in [0, 0.05) is 26.2 Å². The van der Waals surface area contributed by atoms with Crippen LogP contribution in [0, 0.1) is 5.92 Å². The van der Waals surface area contributed by atoms with E-state index in [-0.39, 0.29) is 0 Å². The van der Waals surface area contributed by atoms with Crippen molar-refractivity contribution in [2.45, 2.75) is 19.5 Å². The molecule has 0 aromatic carbocycles. The number of aromatic nitrogens is 4. The number of hydrogen-bond acceptors (Lipinski definition) is 6. The summed E-state index contributed by atoms with van der Waals surface area (Å²) in [6, 6.07) is 0.586. The largest absolute Gasteiger partial charge is 0.383 e. The van der Waals surface area contributed by atoms with Gasteiger partial charge in [0.2, 0.25) is 0 Å². The topological polar surface area (TPSA) is 76.1 Å². The predicted octanol–water partition coefficient (Wildman–Crippen LogP) is 0.327.